The Hall–Kier alpha value is -1.60. The van der Waals surface area contributed by atoms with Gasteiger partial charge in [-0.25, -0.2) is 0 Å². The minimum absolute atomic E-state index is 0.0303. The van der Waals surface area contributed by atoms with Gasteiger partial charge >= 0.3 is 5.97 Å². The molecule has 2 rings (SSSR count). The van der Waals surface area contributed by atoms with E-state index in [1.54, 1.807) is 18.2 Å². The van der Waals surface area contributed by atoms with Gasteiger partial charge in [-0.2, -0.15) is 0 Å². The van der Waals surface area contributed by atoms with Crippen LogP contribution in [-0.2, 0) is 19.1 Å². The highest BCUT2D eigenvalue weighted by Gasteiger charge is 2.16. The zero-order chi connectivity index (χ0) is 19.6. The van der Waals surface area contributed by atoms with Crippen LogP contribution in [0.25, 0.3) is 0 Å². The number of carbonyl (C=O) groups excluding carboxylic acids is 3. The summed E-state index contributed by atoms with van der Waals surface area (Å²) in [7, 11) is 0. The number of amides is 2. The third-order valence-electron chi connectivity index (χ3n) is 4.32. The lowest BCUT2D eigenvalue weighted by Crippen LogP contribution is -2.36. The van der Waals surface area contributed by atoms with Gasteiger partial charge in [-0.15, -0.1) is 0 Å². The Morgan fingerprint density at radius 3 is 2.56 bits per heavy atom. The van der Waals surface area contributed by atoms with Gasteiger partial charge in [0.2, 0.25) is 5.91 Å². The van der Waals surface area contributed by atoms with E-state index in [0.29, 0.717) is 17.1 Å². The van der Waals surface area contributed by atoms with E-state index in [1.807, 2.05) is 0 Å². The van der Waals surface area contributed by atoms with E-state index < -0.39 is 11.9 Å². The Morgan fingerprint density at radius 1 is 1.11 bits per heavy atom. The quantitative estimate of drug-likeness (QED) is 0.571. The molecule has 0 radical (unpaired) electrons. The monoisotopic (exact) mass is 458 g/mol. The van der Waals surface area contributed by atoms with Crippen molar-refractivity contribution in [3.63, 3.8) is 0 Å². The first-order valence-corrected chi connectivity index (χ1v) is 10.3. The second-order valence-electron chi connectivity index (χ2n) is 6.59. The Balaban J connectivity index is 1.59. The minimum atomic E-state index is -0.502. The molecule has 1 aliphatic carbocycles. The molecular formula is C19H24BrClN2O4. The number of hydrogen-bond donors (Lipinski definition) is 2. The lowest BCUT2D eigenvalue weighted by Gasteiger charge is -2.22. The van der Waals surface area contributed by atoms with E-state index in [0.717, 1.165) is 30.2 Å². The zero-order valence-corrected chi connectivity index (χ0v) is 17.4. The van der Waals surface area contributed by atoms with Gasteiger partial charge in [0.25, 0.3) is 5.91 Å². The molecule has 8 heteroatoms. The highest BCUT2D eigenvalue weighted by atomic mass is 79.9. The Bertz CT molecular complexity index is 678. The number of rotatable bonds is 8. The van der Waals surface area contributed by atoms with Crippen LogP contribution in [0.4, 0.5) is 5.69 Å². The lowest BCUT2D eigenvalue weighted by atomic mass is 9.95. The first kappa shape index (κ1) is 21.7. The van der Waals surface area contributed by atoms with Crippen molar-refractivity contribution in [3.8, 4) is 0 Å². The summed E-state index contributed by atoms with van der Waals surface area (Å²) in [5.74, 6) is -1.00. The van der Waals surface area contributed by atoms with Crippen molar-refractivity contribution in [1.29, 1.82) is 0 Å². The first-order valence-electron chi connectivity index (χ1n) is 9.14. The maximum absolute atomic E-state index is 11.9. The Kier molecular flexibility index (Phi) is 9.07. The van der Waals surface area contributed by atoms with Crippen LogP contribution in [0.5, 0.6) is 0 Å². The van der Waals surface area contributed by atoms with E-state index >= 15 is 0 Å². The summed E-state index contributed by atoms with van der Waals surface area (Å²) in [5.41, 5.74) is 0.445. The molecule has 0 aromatic heterocycles. The third-order valence-corrected chi connectivity index (χ3v) is 5.13. The molecule has 2 N–H and O–H groups in total. The summed E-state index contributed by atoms with van der Waals surface area (Å²) < 4.78 is 5.73. The number of ether oxygens (including phenoxy) is 1. The summed E-state index contributed by atoms with van der Waals surface area (Å²) in [6.45, 7) is -0.389. The van der Waals surface area contributed by atoms with Crippen molar-refractivity contribution in [2.75, 3.05) is 11.9 Å². The molecule has 0 heterocycles. The van der Waals surface area contributed by atoms with Gasteiger partial charge in [0.1, 0.15) is 0 Å². The average molecular weight is 460 g/mol. The number of hydrogen-bond acceptors (Lipinski definition) is 4. The van der Waals surface area contributed by atoms with Crippen LogP contribution in [0.15, 0.2) is 22.7 Å². The molecule has 1 saturated carbocycles. The molecule has 27 heavy (non-hydrogen) atoms. The average Bonchev–Trinajstić information content (AvgIpc) is 2.63. The smallest absolute Gasteiger partial charge is 0.306 e. The predicted octanol–water partition coefficient (Wildman–Crippen LogP) is 4.20. The molecule has 0 atom stereocenters. The van der Waals surface area contributed by atoms with Gasteiger partial charge in [0.15, 0.2) is 6.61 Å². The second kappa shape index (κ2) is 11.3. The molecule has 0 spiro atoms. The molecule has 1 aromatic carbocycles. The second-order valence-corrected chi connectivity index (χ2v) is 7.91. The summed E-state index contributed by atoms with van der Waals surface area (Å²) in [6.07, 6.45) is 6.40. The molecule has 0 unspecified atom stereocenters. The van der Waals surface area contributed by atoms with Gasteiger partial charge in [-0.1, -0.05) is 46.8 Å². The van der Waals surface area contributed by atoms with Gasteiger partial charge in [-0.05, 0) is 37.5 Å². The van der Waals surface area contributed by atoms with Crippen molar-refractivity contribution < 1.29 is 19.1 Å². The molecule has 1 aliphatic rings. The standard InChI is InChI=1S/C19H24BrClN2O4/c20-13-9-10-16(15(21)11-13)23-18(25)12-27-19(26)8-4-7-17(24)22-14-5-2-1-3-6-14/h9-11,14H,1-8,12H2,(H,22,24)(H,23,25). The van der Waals surface area contributed by atoms with E-state index in [2.05, 4.69) is 26.6 Å². The van der Waals surface area contributed by atoms with Crippen molar-refractivity contribution in [3.05, 3.63) is 27.7 Å². The SMILES string of the molecule is O=C(COC(=O)CCCC(=O)NC1CCCCC1)Nc1ccc(Br)cc1Cl. The fourth-order valence-corrected chi connectivity index (χ4v) is 3.66. The van der Waals surface area contributed by atoms with Crippen molar-refractivity contribution in [2.45, 2.75) is 57.4 Å². The van der Waals surface area contributed by atoms with Crippen LogP contribution < -0.4 is 10.6 Å². The largest absolute Gasteiger partial charge is 0.456 e. The molecule has 1 aromatic rings. The Morgan fingerprint density at radius 2 is 1.85 bits per heavy atom. The zero-order valence-electron chi connectivity index (χ0n) is 15.1. The summed E-state index contributed by atoms with van der Waals surface area (Å²) in [6, 6.07) is 5.32. The number of carbonyl (C=O) groups is 3. The normalized spacial score (nSPS) is 14.4. The van der Waals surface area contributed by atoms with Crippen molar-refractivity contribution in [1.82, 2.24) is 5.32 Å². The van der Waals surface area contributed by atoms with Crippen molar-refractivity contribution in [2.24, 2.45) is 0 Å². The summed E-state index contributed by atoms with van der Waals surface area (Å²) in [4.78, 5) is 35.4. The topological polar surface area (TPSA) is 84.5 Å². The minimum Gasteiger partial charge on any atom is -0.456 e. The lowest BCUT2D eigenvalue weighted by molar-refractivity contribution is -0.147. The first-order chi connectivity index (χ1) is 12.9. The number of nitrogens with one attached hydrogen (secondary N) is 2. The molecule has 0 aliphatic heterocycles. The maximum Gasteiger partial charge on any atom is 0.306 e. The van der Waals surface area contributed by atoms with Gasteiger partial charge in [0, 0.05) is 23.4 Å². The van der Waals surface area contributed by atoms with E-state index in [4.69, 9.17) is 16.3 Å². The molecular weight excluding hydrogens is 436 g/mol. The van der Waals surface area contributed by atoms with E-state index in [-0.39, 0.29) is 31.4 Å². The predicted molar refractivity (Wildman–Crippen MR) is 108 cm³/mol. The van der Waals surface area contributed by atoms with Gasteiger partial charge < -0.3 is 15.4 Å². The van der Waals surface area contributed by atoms with Crippen molar-refractivity contribution >= 4 is 51.0 Å². The Labute approximate surface area is 172 Å². The van der Waals surface area contributed by atoms with Crippen LogP contribution in [0.3, 0.4) is 0 Å². The number of esters is 1. The van der Waals surface area contributed by atoms with E-state index in [9.17, 15) is 14.4 Å². The van der Waals surface area contributed by atoms with Crippen LogP contribution in [0.1, 0.15) is 51.4 Å². The van der Waals surface area contributed by atoms with Crippen LogP contribution in [0, 0.1) is 0 Å². The number of benzene rings is 1. The summed E-state index contributed by atoms with van der Waals surface area (Å²) >= 11 is 9.29. The third kappa shape index (κ3) is 8.30. The fraction of sp³-hybridized carbons (Fsp3) is 0.526. The molecule has 2 amide bonds. The highest BCUT2D eigenvalue weighted by molar-refractivity contribution is 9.10. The summed E-state index contributed by atoms with van der Waals surface area (Å²) in [5, 5.41) is 5.97. The molecule has 6 nitrogen and oxygen atoms in total. The van der Waals surface area contributed by atoms with E-state index in [1.165, 1.54) is 6.42 Å². The maximum atomic E-state index is 11.9. The van der Waals surface area contributed by atoms with Crippen LogP contribution >= 0.6 is 27.5 Å². The fourth-order valence-electron chi connectivity index (χ4n) is 2.94. The van der Waals surface area contributed by atoms with Crippen LogP contribution in [-0.4, -0.2) is 30.4 Å². The van der Waals surface area contributed by atoms with Gasteiger partial charge in [0.05, 0.1) is 10.7 Å². The van der Waals surface area contributed by atoms with Crippen LogP contribution in [0.2, 0.25) is 5.02 Å². The molecule has 0 saturated heterocycles. The number of halogens is 2. The molecule has 1 fully saturated rings. The van der Waals surface area contributed by atoms with Gasteiger partial charge in [-0.3, -0.25) is 14.4 Å². The molecule has 148 valence electrons. The highest BCUT2D eigenvalue weighted by Crippen LogP contribution is 2.25. The number of anilines is 1. The molecule has 0 bridgehead atoms.